The van der Waals surface area contributed by atoms with Gasteiger partial charge in [-0.3, -0.25) is 14.4 Å². The van der Waals surface area contributed by atoms with Crippen molar-refractivity contribution in [3.8, 4) is 5.75 Å². The second-order valence-corrected chi connectivity index (χ2v) is 8.38. The molecule has 0 heterocycles. The predicted molar refractivity (Wildman–Crippen MR) is 88.5 cm³/mol. The molecular weight excluding hydrogens is 379 g/mol. The van der Waals surface area contributed by atoms with Gasteiger partial charge in [0.15, 0.2) is 38.9 Å². The molecule has 1 fully saturated rings. The van der Waals surface area contributed by atoms with E-state index in [1.807, 2.05) is 0 Å². The SMILES string of the molecule is CS(=O)(=O)COc1c(Cl)ccc(C(=O)C2C(=O)CCCC2=O)c1Cl. The molecule has 0 aliphatic heterocycles. The van der Waals surface area contributed by atoms with E-state index >= 15 is 0 Å². The lowest BCUT2D eigenvalue weighted by Crippen LogP contribution is -2.35. The minimum atomic E-state index is -3.46. The minimum absolute atomic E-state index is 0.0153. The van der Waals surface area contributed by atoms with Crippen LogP contribution in [-0.4, -0.2) is 38.0 Å². The molecule has 0 spiro atoms. The number of rotatable bonds is 5. The number of hydrogen-bond acceptors (Lipinski definition) is 6. The Hall–Kier alpha value is -1.44. The maximum absolute atomic E-state index is 12.6. The lowest BCUT2D eigenvalue weighted by Gasteiger charge is -2.19. The van der Waals surface area contributed by atoms with Crippen molar-refractivity contribution in [1.82, 2.24) is 0 Å². The van der Waals surface area contributed by atoms with E-state index in [0.717, 1.165) is 6.26 Å². The molecule has 0 bridgehead atoms. The summed E-state index contributed by atoms with van der Waals surface area (Å²) in [5.41, 5.74) is -0.0989. The van der Waals surface area contributed by atoms with Crippen molar-refractivity contribution < 1.29 is 27.5 Å². The van der Waals surface area contributed by atoms with E-state index in [0.29, 0.717) is 6.42 Å². The summed E-state index contributed by atoms with van der Waals surface area (Å²) in [6.45, 7) is 0. The average molecular weight is 393 g/mol. The fourth-order valence-corrected chi connectivity index (χ4v) is 3.28. The third kappa shape index (κ3) is 4.15. The summed E-state index contributed by atoms with van der Waals surface area (Å²) >= 11 is 12.0. The fourth-order valence-electron chi connectivity index (χ4n) is 2.37. The van der Waals surface area contributed by atoms with Crippen LogP contribution in [0.15, 0.2) is 12.1 Å². The molecule has 0 unspecified atom stereocenters. The first-order valence-corrected chi connectivity index (χ1v) is 9.81. The normalized spacial score (nSPS) is 16.3. The molecule has 0 amide bonds. The van der Waals surface area contributed by atoms with Gasteiger partial charge in [-0.25, -0.2) is 8.42 Å². The zero-order valence-electron chi connectivity index (χ0n) is 12.7. The van der Waals surface area contributed by atoms with Crippen molar-refractivity contribution >= 4 is 50.4 Å². The number of carbonyl (C=O) groups excluding carboxylic acids is 3. The lowest BCUT2D eigenvalue weighted by atomic mass is 9.81. The quantitative estimate of drug-likeness (QED) is 0.564. The molecule has 0 atom stereocenters. The van der Waals surface area contributed by atoms with Crippen molar-refractivity contribution in [3.63, 3.8) is 0 Å². The van der Waals surface area contributed by atoms with Gasteiger partial charge < -0.3 is 4.74 Å². The first-order chi connectivity index (χ1) is 11.1. The van der Waals surface area contributed by atoms with Crippen LogP contribution in [0.25, 0.3) is 0 Å². The van der Waals surface area contributed by atoms with Gasteiger partial charge in [0.2, 0.25) is 0 Å². The number of Topliss-reactive ketones (excluding diaryl/α,β-unsaturated/α-hetero) is 3. The van der Waals surface area contributed by atoms with Gasteiger partial charge in [-0.15, -0.1) is 0 Å². The van der Waals surface area contributed by atoms with E-state index < -0.39 is 39.0 Å². The van der Waals surface area contributed by atoms with Crippen molar-refractivity contribution in [2.24, 2.45) is 5.92 Å². The smallest absolute Gasteiger partial charge is 0.189 e. The molecule has 9 heteroatoms. The van der Waals surface area contributed by atoms with Crippen LogP contribution in [0.3, 0.4) is 0 Å². The van der Waals surface area contributed by atoms with Crippen molar-refractivity contribution in [3.05, 3.63) is 27.7 Å². The van der Waals surface area contributed by atoms with Crippen LogP contribution in [0.1, 0.15) is 29.6 Å². The van der Waals surface area contributed by atoms with Gasteiger partial charge in [0.05, 0.1) is 10.0 Å². The number of sulfone groups is 1. The summed E-state index contributed by atoms with van der Waals surface area (Å²) in [4.78, 5) is 36.4. The van der Waals surface area contributed by atoms with E-state index in [-0.39, 0.29) is 34.2 Å². The Morgan fingerprint density at radius 2 is 1.79 bits per heavy atom. The number of ether oxygens (including phenoxy) is 1. The Balaban J connectivity index is 2.38. The van der Waals surface area contributed by atoms with Gasteiger partial charge in [-0.1, -0.05) is 23.2 Å². The zero-order valence-corrected chi connectivity index (χ0v) is 15.0. The van der Waals surface area contributed by atoms with Crippen LogP contribution in [0, 0.1) is 5.92 Å². The number of hydrogen-bond donors (Lipinski definition) is 0. The van der Waals surface area contributed by atoms with Crippen LogP contribution in [-0.2, 0) is 19.4 Å². The van der Waals surface area contributed by atoms with Gasteiger partial charge in [-0.05, 0) is 18.6 Å². The van der Waals surface area contributed by atoms with Crippen LogP contribution < -0.4 is 4.74 Å². The predicted octanol–water partition coefficient (Wildman–Crippen LogP) is 2.50. The number of carbonyl (C=O) groups is 3. The van der Waals surface area contributed by atoms with Crippen LogP contribution in [0.2, 0.25) is 10.0 Å². The Labute approximate surface area is 149 Å². The number of ketones is 3. The first kappa shape index (κ1) is 18.9. The molecule has 24 heavy (non-hydrogen) atoms. The molecule has 6 nitrogen and oxygen atoms in total. The molecule has 1 saturated carbocycles. The van der Waals surface area contributed by atoms with E-state index in [1.165, 1.54) is 12.1 Å². The summed E-state index contributed by atoms with van der Waals surface area (Å²) in [7, 11) is -3.46. The molecule has 1 aliphatic carbocycles. The largest absolute Gasteiger partial charge is 0.475 e. The fraction of sp³-hybridized carbons (Fsp3) is 0.400. The highest BCUT2D eigenvalue weighted by molar-refractivity contribution is 7.90. The van der Waals surface area contributed by atoms with Gasteiger partial charge in [-0.2, -0.15) is 0 Å². The van der Waals surface area contributed by atoms with E-state index in [4.69, 9.17) is 27.9 Å². The Bertz CT molecular complexity index is 799. The zero-order chi connectivity index (χ0) is 18.1. The summed E-state index contributed by atoms with van der Waals surface area (Å²) < 4.78 is 27.5. The third-order valence-electron chi connectivity index (χ3n) is 3.48. The van der Waals surface area contributed by atoms with Crippen LogP contribution in [0.4, 0.5) is 0 Å². The average Bonchev–Trinajstić information content (AvgIpc) is 2.45. The Morgan fingerprint density at radius 3 is 2.33 bits per heavy atom. The number of benzene rings is 1. The second kappa shape index (κ2) is 7.21. The Kier molecular flexibility index (Phi) is 5.67. The van der Waals surface area contributed by atoms with Crippen molar-refractivity contribution in [1.29, 1.82) is 0 Å². The van der Waals surface area contributed by atoms with Crippen LogP contribution >= 0.6 is 23.2 Å². The van der Waals surface area contributed by atoms with Crippen LogP contribution in [0.5, 0.6) is 5.75 Å². The standard InChI is InChI=1S/C15H14Cl2O6S/c1-24(21,22)7-23-15-9(16)6-5-8(13(15)17)14(20)12-10(18)3-2-4-11(12)19/h5-6,12H,2-4,7H2,1H3. The van der Waals surface area contributed by atoms with Gasteiger partial charge in [0.25, 0.3) is 0 Å². The molecule has 0 saturated heterocycles. The third-order valence-corrected chi connectivity index (χ3v) is 4.70. The van der Waals surface area contributed by atoms with E-state index in [1.54, 1.807) is 0 Å². The highest BCUT2D eigenvalue weighted by Gasteiger charge is 2.37. The summed E-state index contributed by atoms with van der Waals surface area (Å²) in [6, 6.07) is 2.59. The number of halogens is 2. The maximum atomic E-state index is 12.6. The van der Waals surface area contributed by atoms with E-state index in [9.17, 15) is 22.8 Å². The molecule has 1 aromatic rings. The van der Waals surface area contributed by atoms with Gasteiger partial charge in [0.1, 0.15) is 5.92 Å². The second-order valence-electron chi connectivity index (χ2n) is 5.51. The van der Waals surface area contributed by atoms with Crippen molar-refractivity contribution in [2.45, 2.75) is 19.3 Å². The molecule has 130 valence electrons. The molecule has 2 rings (SSSR count). The van der Waals surface area contributed by atoms with Crippen molar-refractivity contribution in [2.75, 3.05) is 12.2 Å². The maximum Gasteiger partial charge on any atom is 0.189 e. The monoisotopic (exact) mass is 392 g/mol. The molecule has 0 radical (unpaired) electrons. The minimum Gasteiger partial charge on any atom is -0.475 e. The highest BCUT2D eigenvalue weighted by atomic mass is 35.5. The molecule has 1 aromatic carbocycles. The Morgan fingerprint density at radius 1 is 1.21 bits per heavy atom. The molecular formula is C15H14Cl2O6S. The summed E-state index contributed by atoms with van der Waals surface area (Å²) in [5.74, 6) is -3.84. The van der Waals surface area contributed by atoms with Gasteiger partial charge >= 0.3 is 0 Å². The highest BCUT2D eigenvalue weighted by Crippen LogP contribution is 2.37. The van der Waals surface area contributed by atoms with E-state index in [2.05, 4.69) is 0 Å². The molecule has 0 N–H and O–H groups in total. The molecule has 1 aliphatic rings. The lowest BCUT2D eigenvalue weighted by molar-refractivity contribution is -0.133. The van der Waals surface area contributed by atoms with Gasteiger partial charge in [0, 0.05) is 24.7 Å². The first-order valence-electron chi connectivity index (χ1n) is 7.00. The molecule has 0 aromatic heterocycles. The summed E-state index contributed by atoms with van der Waals surface area (Å²) in [6.07, 6.45) is 1.71. The topological polar surface area (TPSA) is 94.6 Å². The summed E-state index contributed by atoms with van der Waals surface area (Å²) in [5, 5.41) is -0.205.